The highest BCUT2D eigenvalue weighted by atomic mass is 19.4. The lowest BCUT2D eigenvalue weighted by molar-refractivity contribution is -0.143. The highest BCUT2D eigenvalue weighted by Crippen LogP contribution is 2.40. The second-order valence-corrected chi connectivity index (χ2v) is 8.39. The largest absolute Gasteiger partial charge is 0.416 e. The lowest BCUT2D eigenvalue weighted by atomic mass is 9.75. The number of carbonyl (C=O) groups is 2. The zero-order valence-electron chi connectivity index (χ0n) is 18.1. The zero-order valence-corrected chi connectivity index (χ0v) is 18.1. The monoisotopic (exact) mass is 483 g/mol. The Labute approximate surface area is 192 Å². The molecule has 34 heavy (non-hydrogen) atoms. The Hall–Kier alpha value is -3.10. The molecule has 0 radical (unpaired) electrons. The highest BCUT2D eigenvalue weighted by molar-refractivity contribution is 5.86. The molecule has 0 spiro atoms. The molecule has 3 rings (SSSR count). The first-order valence-corrected chi connectivity index (χ1v) is 10.7. The Morgan fingerprint density at radius 2 is 1.50 bits per heavy atom. The maximum Gasteiger partial charge on any atom is 0.416 e. The molecule has 2 aromatic carbocycles. The smallest absolute Gasteiger partial charge is 0.346 e. The number of hydrogen-bond acceptors (Lipinski definition) is 2. The molecule has 0 aromatic heterocycles. The summed E-state index contributed by atoms with van der Waals surface area (Å²) in [5, 5.41) is 2.87. The van der Waals surface area contributed by atoms with Crippen LogP contribution in [0.4, 0.5) is 26.3 Å². The van der Waals surface area contributed by atoms with Crippen LogP contribution in [0.5, 0.6) is 0 Å². The number of rotatable bonds is 6. The predicted octanol–water partition coefficient (Wildman–Crippen LogP) is 6.54. The summed E-state index contributed by atoms with van der Waals surface area (Å²) in [4.78, 5) is 25.2. The molecule has 1 aliphatic carbocycles. The van der Waals surface area contributed by atoms with Crippen LogP contribution >= 0.6 is 0 Å². The first kappa shape index (κ1) is 25.5. The van der Waals surface area contributed by atoms with E-state index in [4.69, 9.17) is 0 Å². The minimum atomic E-state index is -5.03. The summed E-state index contributed by atoms with van der Waals surface area (Å²) < 4.78 is 80.1. The first-order chi connectivity index (χ1) is 15.9. The zero-order chi connectivity index (χ0) is 25.1. The molecule has 182 valence electrons. The van der Waals surface area contributed by atoms with Gasteiger partial charge in [-0.2, -0.15) is 26.3 Å². The Morgan fingerprint density at radius 1 is 0.971 bits per heavy atom. The molecule has 0 aliphatic heterocycles. The lowest BCUT2D eigenvalue weighted by Gasteiger charge is -2.39. The normalized spacial score (nSPS) is 17.2. The van der Waals surface area contributed by atoms with E-state index in [0.29, 0.717) is 17.7 Å². The van der Waals surface area contributed by atoms with E-state index >= 15 is 0 Å². The molecule has 1 N–H and O–H groups in total. The minimum Gasteiger partial charge on any atom is -0.346 e. The summed E-state index contributed by atoms with van der Waals surface area (Å²) in [5.41, 5.74) is -3.62. The van der Waals surface area contributed by atoms with Crippen LogP contribution in [0.3, 0.4) is 0 Å². The third-order valence-electron chi connectivity index (χ3n) is 6.08. The second-order valence-electron chi connectivity index (χ2n) is 8.39. The van der Waals surface area contributed by atoms with Crippen LogP contribution in [0, 0.1) is 0 Å². The van der Waals surface area contributed by atoms with Crippen LogP contribution in [0.1, 0.15) is 60.3 Å². The molecule has 1 saturated carbocycles. The third kappa shape index (κ3) is 5.69. The fraction of sp³-hybridized carbons (Fsp3) is 0.360. The van der Waals surface area contributed by atoms with Crippen molar-refractivity contribution in [3.8, 4) is 0 Å². The van der Waals surface area contributed by atoms with Gasteiger partial charge in [-0.05, 0) is 48.6 Å². The molecule has 1 atom stereocenters. The number of carbonyl (C=O) groups excluding carboxylic acids is 2. The number of allylic oxidation sites excluding steroid dienone is 1. The van der Waals surface area contributed by atoms with Crippen molar-refractivity contribution < 1.29 is 35.9 Å². The number of Topliss-reactive ketones (excluding diaryl/α,β-unsaturated/α-hetero) is 1. The van der Waals surface area contributed by atoms with Crippen molar-refractivity contribution in [2.45, 2.75) is 55.9 Å². The number of halogens is 6. The number of ketones is 1. The minimum absolute atomic E-state index is 0.0242. The fourth-order valence-corrected chi connectivity index (χ4v) is 4.26. The van der Waals surface area contributed by atoms with Gasteiger partial charge in [0, 0.05) is 12.8 Å². The van der Waals surface area contributed by atoms with Crippen LogP contribution in [0.2, 0.25) is 0 Å². The van der Waals surface area contributed by atoms with Gasteiger partial charge in [-0.15, -0.1) is 6.58 Å². The van der Waals surface area contributed by atoms with Crippen molar-refractivity contribution in [2.75, 3.05) is 0 Å². The van der Waals surface area contributed by atoms with E-state index in [2.05, 4.69) is 11.9 Å². The summed E-state index contributed by atoms with van der Waals surface area (Å²) in [5.74, 6) is -2.04. The van der Waals surface area contributed by atoms with Gasteiger partial charge in [0.15, 0.2) is 0 Å². The molecule has 1 aliphatic rings. The summed E-state index contributed by atoms with van der Waals surface area (Å²) in [6.07, 6.45) is -8.00. The molecule has 9 heteroatoms. The first-order valence-electron chi connectivity index (χ1n) is 10.7. The van der Waals surface area contributed by atoms with E-state index in [0.717, 1.165) is 0 Å². The molecular formula is C25H23F6NO2. The summed E-state index contributed by atoms with van der Waals surface area (Å²) in [6.45, 7) is 3.51. The molecule has 0 bridgehead atoms. The van der Waals surface area contributed by atoms with E-state index in [9.17, 15) is 35.9 Å². The number of alkyl halides is 6. The summed E-state index contributed by atoms with van der Waals surface area (Å²) >= 11 is 0. The second kappa shape index (κ2) is 9.64. The van der Waals surface area contributed by atoms with Crippen LogP contribution in [-0.4, -0.2) is 11.7 Å². The average Bonchev–Trinajstić information content (AvgIpc) is 2.78. The van der Waals surface area contributed by atoms with Crippen molar-refractivity contribution in [3.63, 3.8) is 0 Å². The Balaban J connectivity index is 2.04. The molecular weight excluding hydrogens is 460 g/mol. The van der Waals surface area contributed by atoms with Crippen molar-refractivity contribution in [3.05, 3.63) is 83.4 Å². The third-order valence-corrected chi connectivity index (χ3v) is 6.08. The molecule has 1 unspecified atom stereocenters. The van der Waals surface area contributed by atoms with Gasteiger partial charge in [-0.25, -0.2) is 0 Å². The van der Waals surface area contributed by atoms with Gasteiger partial charge in [0.1, 0.15) is 5.78 Å². The topological polar surface area (TPSA) is 46.2 Å². The number of benzene rings is 2. The molecule has 0 heterocycles. The van der Waals surface area contributed by atoms with Crippen LogP contribution < -0.4 is 5.32 Å². The van der Waals surface area contributed by atoms with Gasteiger partial charge in [0.05, 0.1) is 22.6 Å². The van der Waals surface area contributed by atoms with Crippen LogP contribution in [0.25, 0.3) is 0 Å². The van der Waals surface area contributed by atoms with E-state index in [1.807, 2.05) is 0 Å². The maximum absolute atomic E-state index is 13.4. The fourth-order valence-electron chi connectivity index (χ4n) is 4.26. The van der Waals surface area contributed by atoms with Gasteiger partial charge in [-0.1, -0.05) is 36.4 Å². The molecule has 2 aromatic rings. The van der Waals surface area contributed by atoms with Crippen LogP contribution in [0.15, 0.2) is 61.2 Å². The van der Waals surface area contributed by atoms with Gasteiger partial charge < -0.3 is 5.32 Å². The van der Waals surface area contributed by atoms with E-state index < -0.39 is 46.4 Å². The molecule has 1 fully saturated rings. The average molecular weight is 483 g/mol. The highest BCUT2D eigenvalue weighted by Gasteiger charge is 2.41. The molecule has 1 amide bonds. The van der Waals surface area contributed by atoms with Gasteiger partial charge in [0.25, 0.3) is 0 Å². The predicted molar refractivity (Wildman–Crippen MR) is 114 cm³/mol. The molecule has 3 nitrogen and oxygen atoms in total. The maximum atomic E-state index is 13.4. The molecule has 0 saturated heterocycles. The van der Waals surface area contributed by atoms with Gasteiger partial charge in [-0.3, -0.25) is 9.59 Å². The number of hydrogen-bond donors (Lipinski definition) is 1. The number of nitrogens with one attached hydrogen (secondary N) is 1. The quantitative estimate of drug-likeness (QED) is 0.375. The van der Waals surface area contributed by atoms with Gasteiger partial charge in [0.2, 0.25) is 5.91 Å². The summed E-state index contributed by atoms with van der Waals surface area (Å²) in [7, 11) is 0. The lowest BCUT2D eigenvalue weighted by Crippen LogP contribution is -2.49. The van der Waals surface area contributed by atoms with Crippen molar-refractivity contribution in [1.82, 2.24) is 5.32 Å². The number of amides is 1. The SMILES string of the molecule is C=CCC(C(=O)NC1(c2ccccc2)CCC(=O)CC1)c1cc(C(F)(F)F)cc(C(F)(F)F)c1. The Morgan fingerprint density at radius 3 is 1.97 bits per heavy atom. The standard InChI is InChI=1S/C25H23F6NO2/c1-2-6-21(16-13-18(24(26,27)28)15-19(14-16)25(29,30)31)22(34)32-23(11-9-20(33)10-12-23)17-7-4-3-5-8-17/h2-5,7-8,13-15,21H,1,6,9-12H2,(H,32,34). The van der Waals surface area contributed by atoms with Crippen molar-refractivity contribution in [1.29, 1.82) is 0 Å². The Kier molecular flexibility index (Phi) is 7.24. The summed E-state index contributed by atoms with van der Waals surface area (Å²) in [6, 6.07) is 9.99. The van der Waals surface area contributed by atoms with Crippen LogP contribution in [-0.2, 0) is 27.5 Å². The van der Waals surface area contributed by atoms with E-state index in [1.54, 1.807) is 30.3 Å². The van der Waals surface area contributed by atoms with E-state index in [1.165, 1.54) is 6.08 Å². The van der Waals surface area contributed by atoms with E-state index in [-0.39, 0.29) is 44.0 Å². The van der Waals surface area contributed by atoms with Crippen molar-refractivity contribution in [2.24, 2.45) is 0 Å². The van der Waals surface area contributed by atoms with Crippen molar-refractivity contribution >= 4 is 11.7 Å². The Bertz CT molecular complexity index is 1020. The van der Waals surface area contributed by atoms with Gasteiger partial charge >= 0.3 is 12.4 Å².